The number of hydrogen-bond acceptors (Lipinski definition) is 1. The summed E-state index contributed by atoms with van der Waals surface area (Å²) in [6.07, 6.45) is 0. The van der Waals surface area contributed by atoms with Crippen LogP contribution in [0.25, 0.3) is 98.4 Å². The summed E-state index contributed by atoms with van der Waals surface area (Å²) in [6, 6.07) is 44.5. The Morgan fingerprint density at radius 1 is 0.309 bits per heavy atom. The molecule has 0 aliphatic heterocycles. The van der Waals surface area contributed by atoms with Gasteiger partial charge in [-0.1, -0.05) is 119 Å². The fourth-order valence-electron chi connectivity index (χ4n) is 9.70. The molecule has 10 rings (SSSR count). The maximum Gasteiger partial charge on any atom is 0.139 e. The van der Waals surface area contributed by atoms with Crippen molar-refractivity contribution in [1.29, 1.82) is 0 Å². The van der Waals surface area contributed by atoms with E-state index in [4.69, 9.17) is 4.42 Å². The second-order valence-electron chi connectivity index (χ2n) is 15.8. The molecule has 9 aromatic carbocycles. The minimum absolute atomic E-state index is 0.926. The Hall–Kier alpha value is -5.66. The van der Waals surface area contributed by atoms with E-state index in [2.05, 4.69) is 184 Å². The first-order valence-electron chi connectivity index (χ1n) is 19.5. The number of rotatable bonds is 3. The fourth-order valence-corrected chi connectivity index (χ4v) is 9.70. The molecule has 1 heterocycles. The number of furan rings is 1. The van der Waals surface area contributed by atoms with Crippen LogP contribution in [0.4, 0.5) is 0 Å². The lowest BCUT2D eigenvalue weighted by molar-refractivity contribution is 0.669. The second kappa shape index (κ2) is 12.4. The maximum atomic E-state index is 6.53. The molecule has 0 bridgehead atoms. The zero-order valence-corrected chi connectivity index (χ0v) is 33.0. The topological polar surface area (TPSA) is 13.1 Å². The van der Waals surface area contributed by atoms with Crippen LogP contribution in [-0.4, -0.2) is 62.8 Å². The fraction of sp³-hybridized carbons (Fsp3) is 0. The molecule has 0 saturated carbocycles. The molecule has 250 valence electrons. The smallest absolute Gasteiger partial charge is 0.139 e. The van der Waals surface area contributed by atoms with Gasteiger partial charge in [0, 0.05) is 10.8 Å². The summed E-state index contributed by atoms with van der Waals surface area (Å²) in [4.78, 5) is 0. The SMILES string of the molecule is Bc1c(B)c(B)c2c(-c3cccc4oc5ccccc5c34)c3c(B)c(B)c(B)c(B)c3c(-c3ccc4c(ccc5cc(-c6ccccc6)ccc54)c3)c2c1B. The molecule has 0 spiro atoms. The summed E-state index contributed by atoms with van der Waals surface area (Å²) in [6.45, 7) is 0. The first kappa shape index (κ1) is 33.9. The third kappa shape index (κ3) is 4.85. The van der Waals surface area contributed by atoms with Gasteiger partial charge >= 0.3 is 0 Å². The lowest BCUT2D eigenvalue weighted by Crippen LogP contribution is -2.50. The molecule has 0 aliphatic rings. The van der Waals surface area contributed by atoms with Gasteiger partial charge in [0.25, 0.3) is 0 Å². The largest absolute Gasteiger partial charge is 0.456 e. The zero-order valence-electron chi connectivity index (χ0n) is 33.0. The lowest BCUT2D eigenvalue weighted by atomic mass is 9.59. The molecule has 1 aromatic heterocycles. The minimum Gasteiger partial charge on any atom is -0.456 e. The summed E-state index contributed by atoms with van der Waals surface area (Å²) in [5, 5.41) is 12.8. The van der Waals surface area contributed by atoms with E-state index in [-0.39, 0.29) is 0 Å². The Morgan fingerprint density at radius 2 is 0.800 bits per heavy atom. The second-order valence-corrected chi connectivity index (χ2v) is 15.8. The van der Waals surface area contributed by atoms with Crippen LogP contribution >= 0.6 is 0 Å². The van der Waals surface area contributed by atoms with Gasteiger partial charge in [-0.25, -0.2) is 0 Å². The van der Waals surface area contributed by atoms with Gasteiger partial charge in [-0.05, 0) is 101 Å². The molecule has 0 fully saturated rings. The normalized spacial score (nSPS) is 11.9. The van der Waals surface area contributed by atoms with Gasteiger partial charge < -0.3 is 4.42 Å². The van der Waals surface area contributed by atoms with E-state index in [1.165, 1.54) is 126 Å². The van der Waals surface area contributed by atoms with Crippen molar-refractivity contribution in [2.24, 2.45) is 0 Å². The van der Waals surface area contributed by atoms with E-state index in [1.807, 2.05) is 0 Å². The number of para-hydroxylation sites is 1. The Labute approximate surface area is 329 Å². The van der Waals surface area contributed by atoms with Crippen molar-refractivity contribution in [2.45, 2.75) is 0 Å². The first-order chi connectivity index (χ1) is 26.6. The van der Waals surface area contributed by atoms with Crippen molar-refractivity contribution in [1.82, 2.24) is 0 Å². The summed E-state index contributed by atoms with van der Waals surface area (Å²) in [7, 11) is 18.6. The molecule has 0 aliphatic carbocycles. The molecule has 0 N–H and O–H groups in total. The van der Waals surface area contributed by atoms with E-state index >= 15 is 0 Å². The Balaban J connectivity index is 1.36. The third-order valence-corrected chi connectivity index (χ3v) is 13.3. The summed E-state index contributed by atoms with van der Waals surface area (Å²) >= 11 is 0. The number of fused-ring (bicyclic) bond motifs is 8. The van der Waals surface area contributed by atoms with Gasteiger partial charge in [0.15, 0.2) is 0 Å². The van der Waals surface area contributed by atoms with Crippen LogP contribution in [0.1, 0.15) is 0 Å². The van der Waals surface area contributed by atoms with Crippen LogP contribution in [-0.2, 0) is 0 Å². The van der Waals surface area contributed by atoms with Crippen molar-refractivity contribution < 1.29 is 4.42 Å². The highest BCUT2D eigenvalue weighted by molar-refractivity contribution is 6.71. The van der Waals surface area contributed by atoms with Gasteiger partial charge in [-0.3, -0.25) is 0 Å². The van der Waals surface area contributed by atoms with Crippen molar-refractivity contribution in [3.05, 3.63) is 121 Å². The monoisotopic (exact) mass is 692 g/mol. The van der Waals surface area contributed by atoms with Gasteiger partial charge in [0.1, 0.15) is 73.9 Å². The molecule has 55 heavy (non-hydrogen) atoms. The van der Waals surface area contributed by atoms with Crippen LogP contribution < -0.4 is 43.7 Å². The van der Waals surface area contributed by atoms with Gasteiger partial charge in [-0.15, -0.1) is 21.9 Å². The maximum absolute atomic E-state index is 6.53. The molecule has 0 unspecified atom stereocenters. The standard InChI is InChI=1S/C46H36B8O/c47-39-35-32(25-16-18-27-24(20-25)14-13-23-19-22(15-17-26(23)27)21-7-2-1-3-8-21)36-38(42(50)46(54)44(52)40(36)48)34(37(35)41(49)45(53)43(39)51)29-10-6-12-31-33(29)28-9-4-5-11-30(28)55-31/h1-20H,47-54H2. The average Bonchev–Trinajstić information content (AvgIpc) is 3.61. The lowest BCUT2D eigenvalue weighted by Gasteiger charge is -2.28. The van der Waals surface area contributed by atoms with E-state index < -0.39 is 0 Å². The Kier molecular flexibility index (Phi) is 7.66. The summed E-state index contributed by atoms with van der Waals surface area (Å²) < 4.78 is 6.53. The Bertz CT molecular complexity index is 3220. The highest BCUT2D eigenvalue weighted by Crippen LogP contribution is 2.45. The van der Waals surface area contributed by atoms with E-state index in [1.54, 1.807) is 0 Å². The van der Waals surface area contributed by atoms with Crippen molar-refractivity contribution >= 4 is 172 Å². The molecule has 1 nitrogen and oxygen atoms in total. The molecular formula is C46H36B8O. The number of hydrogen-bond donors (Lipinski definition) is 0. The van der Waals surface area contributed by atoms with Crippen LogP contribution in [0.15, 0.2) is 126 Å². The highest BCUT2D eigenvalue weighted by atomic mass is 16.3. The zero-order chi connectivity index (χ0) is 37.9. The molecule has 9 heteroatoms. The molecule has 0 atom stereocenters. The van der Waals surface area contributed by atoms with Crippen molar-refractivity contribution in [2.75, 3.05) is 0 Å². The van der Waals surface area contributed by atoms with E-state index in [0.717, 1.165) is 16.6 Å². The van der Waals surface area contributed by atoms with E-state index in [9.17, 15) is 0 Å². The highest BCUT2D eigenvalue weighted by Gasteiger charge is 2.26. The molecule has 0 saturated heterocycles. The van der Waals surface area contributed by atoms with Crippen LogP contribution in [0.3, 0.4) is 0 Å². The summed E-state index contributed by atoms with van der Waals surface area (Å²) in [5.74, 6) is 0. The van der Waals surface area contributed by atoms with Crippen molar-refractivity contribution in [3.8, 4) is 33.4 Å². The molecular weight excluding hydrogens is 655 g/mol. The first-order valence-corrected chi connectivity index (χ1v) is 19.5. The Morgan fingerprint density at radius 3 is 1.40 bits per heavy atom. The van der Waals surface area contributed by atoms with E-state index in [0.29, 0.717) is 0 Å². The van der Waals surface area contributed by atoms with Crippen LogP contribution in [0.5, 0.6) is 0 Å². The van der Waals surface area contributed by atoms with Gasteiger partial charge in [0.05, 0.1) is 0 Å². The molecule has 10 aromatic rings. The third-order valence-electron chi connectivity index (χ3n) is 13.3. The van der Waals surface area contributed by atoms with Gasteiger partial charge in [0.2, 0.25) is 0 Å². The predicted molar refractivity (Wildman–Crippen MR) is 265 cm³/mol. The van der Waals surface area contributed by atoms with Crippen LogP contribution in [0, 0.1) is 0 Å². The number of benzene rings is 9. The van der Waals surface area contributed by atoms with Gasteiger partial charge in [-0.2, -0.15) is 0 Å². The molecule has 0 radical (unpaired) electrons. The predicted octanol–water partition coefficient (Wildman–Crippen LogP) is -0.733. The minimum atomic E-state index is 0.926. The van der Waals surface area contributed by atoms with Crippen LogP contribution in [0.2, 0.25) is 0 Å². The quantitative estimate of drug-likeness (QED) is 0.136. The summed E-state index contributed by atoms with van der Waals surface area (Å²) in [5.41, 5.74) is 20.3. The molecule has 0 amide bonds. The van der Waals surface area contributed by atoms with Crippen molar-refractivity contribution in [3.63, 3.8) is 0 Å². The average molecular weight is 691 g/mol.